The van der Waals surface area contributed by atoms with Gasteiger partial charge in [-0.05, 0) is 26.7 Å². The lowest BCUT2D eigenvalue weighted by Crippen LogP contribution is -2.34. The molecule has 1 aromatic heterocycles. The molecule has 4 nitrogen and oxygen atoms in total. The lowest BCUT2D eigenvalue weighted by atomic mass is 10.1. The topological polar surface area (TPSA) is 55.0 Å². The van der Waals surface area contributed by atoms with Gasteiger partial charge in [0.15, 0.2) is 0 Å². The van der Waals surface area contributed by atoms with E-state index >= 15 is 0 Å². The molecule has 90 valence electrons. The molecule has 1 rings (SSSR count). The van der Waals surface area contributed by atoms with Gasteiger partial charge in [-0.15, -0.1) is 0 Å². The fraction of sp³-hybridized carbons (Fsp3) is 0.667. The molecule has 0 aliphatic heterocycles. The molecule has 0 aromatic carbocycles. The molecular weight excluding hydrogens is 200 g/mol. The summed E-state index contributed by atoms with van der Waals surface area (Å²) >= 11 is 0. The second-order valence-corrected chi connectivity index (χ2v) is 3.96. The highest BCUT2D eigenvalue weighted by molar-refractivity contribution is 5.57. The number of rotatable bonds is 5. The zero-order chi connectivity index (χ0) is 12.1. The largest absolute Gasteiger partial charge is 0.383 e. The van der Waals surface area contributed by atoms with Crippen LogP contribution in [0.15, 0.2) is 6.33 Å². The first-order valence-electron chi connectivity index (χ1n) is 6.01. The van der Waals surface area contributed by atoms with Gasteiger partial charge in [-0.3, -0.25) is 0 Å². The second kappa shape index (κ2) is 5.68. The van der Waals surface area contributed by atoms with E-state index < -0.39 is 0 Å². The van der Waals surface area contributed by atoms with E-state index in [9.17, 15) is 0 Å². The normalized spacial score (nSPS) is 12.5. The molecule has 1 aromatic rings. The monoisotopic (exact) mass is 222 g/mol. The summed E-state index contributed by atoms with van der Waals surface area (Å²) in [6, 6.07) is 0.476. The van der Waals surface area contributed by atoms with Gasteiger partial charge in [0, 0.05) is 18.2 Å². The summed E-state index contributed by atoms with van der Waals surface area (Å²) in [6.45, 7) is 9.57. The molecular formula is C12H22N4. The van der Waals surface area contributed by atoms with Crippen molar-refractivity contribution in [2.75, 3.05) is 17.2 Å². The Kier molecular flexibility index (Phi) is 4.52. The molecule has 0 amide bonds. The van der Waals surface area contributed by atoms with E-state index in [0.29, 0.717) is 11.9 Å². The first-order chi connectivity index (χ1) is 7.65. The minimum Gasteiger partial charge on any atom is -0.383 e. The maximum atomic E-state index is 5.89. The highest BCUT2D eigenvalue weighted by Crippen LogP contribution is 2.24. The summed E-state index contributed by atoms with van der Waals surface area (Å²) in [5, 5.41) is 0. The van der Waals surface area contributed by atoms with Crippen LogP contribution in [0.5, 0.6) is 0 Å². The molecule has 0 saturated heterocycles. The van der Waals surface area contributed by atoms with Crippen molar-refractivity contribution in [1.82, 2.24) is 9.97 Å². The van der Waals surface area contributed by atoms with Gasteiger partial charge in [0.1, 0.15) is 18.0 Å². The van der Waals surface area contributed by atoms with Crippen molar-refractivity contribution in [3.05, 3.63) is 11.9 Å². The number of aromatic nitrogens is 2. The lowest BCUT2D eigenvalue weighted by molar-refractivity contribution is 0.619. The summed E-state index contributed by atoms with van der Waals surface area (Å²) < 4.78 is 0. The summed E-state index contributed by atoms with van der Waals surface area (Å²) in [5.74, 6) is 1.60. The number of hydrogen-bond acceptors (Lipinski definition) is 4. The van der Waals surface area contributed by atoms with Gasteiger partial charge < -0.3 is 10.6 Å². The molecule has 1 atom stereocenters. The maximum absolute atomic E-state index is 5.89. The van der Waals surface area contributed by atoms with E-state index in [-0.39, 0.29) is 0 Å². The van der Waals surface area contributed by atoms with Crippen LogP contribution in [0.4, 0.5) is 11.6 Å². The van der Waals surface area contributed by atoms with E-state index in [1.54, 1.807) is 6.33 Å². The third kappa shape index (κ3) is 2.43. The Bertz CT molecular complexity index is 338. The molecule has 16 heavy (non-hydrogen) atoms. The van der Waals surface area contributed by atoms with Crippen molar-refractivity contribution in [3.63, 3.8) is 0 Å². The summed E-state index contributed by atoms with van der Waals surface area (Å²) in [4.78, 5) is 10.7. The molecule has 2 N–H and O–H groups in total. The minimum atomic E-state index is 0.476. The van der Waals surface area contributed by atoms with Gasteiger partial charge in [-0.25, -0.2) is 9.97 Å². The van der Waals surface area contributed by atoms with Crippen molar-refractivity contribution in [1.29, 1.82) is 0 Å². The van der Waals surface area contributed by atoms with E-state index in [0.717, 1.165) is 30.8 Å². The van der Waals surface area contributed by atoms with Gasteiger partial charge >= 0.3 is 0 Å². The van der Waals surface area contributed by atoms with E-state index in [1.165, 1.54) is 0 Å². The standard InChI is InChI=1S/C12H22N4/c1-5-9(4)16(7-3)12-10(6-2)11(13)14-8-15-12/h8-9H,5-7H2,1-4H3,(H2,13,14,15). The number of hydrogen-bond donors (Lipinski definition) is 1. The van der Waals surface area contributed by atoms with Gasteiger partial charge in [-0.1, -0.05) is 13.8 Å². The van der Waals surface area contributed by atoms with Crippen LogP contribution in [-0.4, -0.2) is 22.6 Å². The van der Waals surface area contributed by atoms with Crippen molar-refractivity contribution >= 4 is 11.6 Å². The molecule has 0 aliphatic carbocycles. The third-order valence-corrected chi connectivity index (χ3v) is 3.05. The lowest BCUT2D eigenvalue weighted by Gasteiger charge is -2.30. The Labute approximate surface area is 97.9 Å². The fourth-order valence-corrected chi connectivity index (χ4v) is 1.89. The average Bonchev–Trinajstić information content (AvgIpc) is 2.30. The first kappa shape index (κ1) is 12.7. The van der Waals surface area contributed by atoms with E-state index in [1.807, 2.05) is 0 Å². The quantitative estimate of drug-likeness (QED) is 0.830. The molecule has 0 radical (unpaired) electrons. The number of anilines is 2. The smallest absolute Gasteiger partial charge is 0.137 e. The molecule has 1 heterocycles. The van der Waals surface area contributed by atoms with Crippen molar-refractivity contribution < 1.29 is 0 Å². The highest BCUT2D eigenvalue weighted by atomic mass is 15.2. The molecule has 4 heteroatoms. The van der Waals surface area contributed by atoms with Gasteiger partial charge in [0.2, 0.25) is 0 Å². The first-order valence-corrected chi connectivity index (χ1v) is 6.01. The zero-order valence-corrected chi connectivity index (χ0v) is 10.7. The Balaban J connectivity index is 3.14. The predicted octanol–water partition coefficient (Wildman–Crippen LogP) is 2.25. The van der Waals surface area contributed by atoms with E-state index in [2.05, 4.69) is 42.6 Å². The zero-order valence-electron chi connectivity index (χ0n) is 10.7. The van der Waals surface area contributed by atoms with E-state index in [4.69, 9.17) is 5.73 Å². The van der Waals surface area contributed by atoms with Crippen LogP contribution in [0.3, 0.4) is 0 Å². The number of nitrogen functional groups attached to an aromatic ring is 1. The minimum absolute atomic E-state index is 0.476. The van der Waals surface area contributed by atoms with Crippen LogP contribution in [-0.2, 0) is 6.42 Å². The number of nitrogens with two attached hydrogens (primary N) is 1. The number of nitrogens with zero attached hydrogens (tertiary/aromatic N) is 3. The van der Waals surface area contributed by atoms with Crippen LogP contribution in [0.25, 0.3) is 0 Å². The summed E-state index contributed by atoms with van der Waals surface area (Å²) in [5.41, 5.74) is 6.95. The van der Waals surface area contributed by atoms with Crippen molar-refractivity contribution in [2.24, 2.45) is 0 Å². The van der Waals surface area contributed by atoms with Gasteiger partial charge in [-0.2, -0.15) is 0 Å². The summed E-state index contributed by atoms with van der Waals surface area (Å²) in [6.07, 6.45) is 3.52. The van der Waals surface area contributed by atoms with Crippen LogP contribution < -0.4 is 10.6 Å². The molecule has 0 saturated carbocycles. The molecule has 0 aliphatic rings. The fourth-order valence-electron chi connectivity index (χ4n) is 1.89. The van der Waals surface area contributed by atoms with Crippen LogP contribution in [0, 0.1) is 0 Å². The Morgan fingerprint density at radius 2 is 2.00 bits per heavy atom. The third-order valence-electron chi connectivity index (χ3n) is 3.05. The maximum Gasteiger partial charge on any atom is 0.137 e. The van der Waals surface area contributed by atoms with Crippen molar-refractivity contribution in [3.8, 4) is 0 Å². The molecule has 1 unspecified atom stereocenters. The average molecular weight is 222 g/mol. The van der Waals surface area contributed by atoms with Gasteiger partial charge in [0.05, 0.1) is 0 Å². The highest BCUT2D eigenvalue weighted by Gasteiger charge is 2.17. The SMILES string of the molecule is CCc1c(N)ncnc1N(CC)C(C)CC. The van der Waals surface area contributed by atoms with Crippen molar-refractivity contribution in [2.45, 2.75) is 46.6 Å². The molecule has 0 fully saturated rings. The molecule has 0 bridgehead atoms. The van der Waals surface area contributed by atoms with Crippen LogP contribution >= 0.6 is 0 Å². The molecule has 0 spiro atoms. The Hall–Kier alpha value is -1.32. The Morgan fingerprint density at radius 1 is 1.31 bits per heavy atom. The Morgan fingerprint density at radius 3 is 2.50 bits per heavy atom. The van der Waals surface area contributed by atoms with Crippen LogP contribution in [0.1, 0.15) is 39.7 Å². The second-order valence-electron chi connectivity index (χ2n) is 3.96. The van der Waals surface area contributed by atoms with Gasteiger partial charge in [0.25, 0.3) is 0 Å². The summed E-state index contributed by atoms with van der Waals surface area (Å²) in [7, 11) is 0. The van der Waals surface area contributed by atoms with Crippen LogP contribution in [0.2, 0.25) is 0 Å². The predicted molar refractivity (Wildman–Crippen MR) is 68.6 cm³/mol.